The fraction of sp³-hybridized carbons (Fsp3) is 0.793. The van der Waals surface area contributed by atoms with Crippen LogP contribution in [0.5, 0.6) is 0 Å². The molecule has 34 heavy (non-hydrogen) atoms. The third-order valence-corrected chi connectivity index (χ3v) is 11.2. The van der Waals surface area contributed by atoms with Crippen LogP contribution in [0.3, 0.4) is 0 Å². The van der Waals surface area contributed by atoms with Crippen LogP contribution in [-0.4, -0.2) is 45.3 Å². The quantitative estimate of drug-likeness (QED) is 0.630. The summed E-state index contributed by atoms with van der Waals surface area (Å²) in [5.41, 5.74) is 1.92. The van der Waals surface area contributed by atoms with Crippen LogP contribution in [0.1, 0.15) is 84.1 Å². The van der Waals surface area contributed by atoms with Crippen molar-refractivity contribution in [1.82, 2.24) is 14.7 Å². The first kappa shape index (κ1) is 24.1. The molecule has 0 saturated heterocycles. The molecule has 0 aliphatic heterocycles. The standard InChI is InChI=1S/C29H45N3O2/c1-19(31(5)6)20-16-30-32(17-20)18-26(33)25-10-9-23-22-8-7-21-15-27(2,34)13-14-28(21,3)24(22)11-12-29(23,25)4/h16-17,21-25,34H,1,7-15,18H2,2-6H3/t21-,22+,23+,24+,25-,27-,28+,29+/m1/s1. The van der Waals surface area contributed by atoms with E-state index in [0.717, 1.165) is 48.8 Å². The van der Waals surface area contributed by atoms with Gasteiger partial charge in [-0.1, -0.05) is 20.4 Å². The van der Waals surface area contributed by atoms with E-state index in [9.17, 15) is 9.90 Å². The number of Topliss-reactive ketones (excluding diaryl/α,β-unsaturated/α-hetero) is 1. The minimum atomic E-state index is -0.476. The van der Waals surface area contributed by atoms with Crippen molar-refractivity contribution in [3.8, 4) is 0 Å². The molecule has 1 aromatic heterocycles. The number of hydrogen-bond donors (Lipinski definition) is 1. The van der Waals surface area contributed by atoms with Crippen molar-refractivity contribution < 1.29 is 9.90 Å². The van der Waals surface area contributed by atoms with Crippen LogP contribution in [0.15, 0.2) is 19.0 Å². The Bertz CT molecular complexity index is 964. The number of carbonyl (C=O) groups excluding carboxylic acids is 1. The van der Waals surface area contributed by atoms with Gasteiger partial charge in [-0.25, -0.2) is 0 Å². The van der Waals surface area contributed by atoms with Gasteiger partial charge in [0.05, 0.1) is 18.3 Å². The molecule has 0 bridgehead atoms. The van der Waals surface area contributed by atoms with Crippen molar-refractivity contribution in [1.29, 1.82) is 0 Å². The zero-order valence-electron chi connectivity index (χ0n) is 22.0. The van der Waals surface area contributed by atoms with E-state index in [0.29, 0.717) is 29.6 Å². The fourth-order valence-electron chi connectivity index (χ4n) is 9.09. The molecule has 5 heteroatoms. The Morgan fingerprint density at radius 2 is 1.82 bits per heavy atom. The van der Waals surface area contributed by atoms with E-state index in [2.05, 4.69) is 25.5 Å². The van der Waals surface area contributed by atoms with Crippen molar-refractivity contribution >= 4 is 11.5 Å². The second-order valence-electron chi connectivity index (χ2n) is 13.3. The maximum Gasteiger partial charge on any atom is 0.157 e. The van der Waals surface area contributed by atoms with E-state index >= 15 is 0 Å². The summed E-state index contributed by atoms with van der Waals surface area (Å²) < 4.78 is 1.81. The summed E-state index contributed by atoms with van der Waals surface area (Å²) >= 11 is 0. The van der Waals surface area contributed by atoms with Crippen molar-refractivity contribution in [3.63, 3.8) is 0 Å². The zero-order chi connectivity index (χ0) is 24.5. The SMILES string of the molecule is C=C(c1cnn(CC(=O)[C@H]2CC[C@H]3[C@@H]4CC[C@@H]5C[C@](C)(O)CC[C@]5(C)[C@H]4CC[C@]23C)c1)N(C)C. The number of ketones is 1. The molecule has 0 radical (unpaired) electrons. The van der Waals surface area contributed by atoms with Gasteiger partial charge in [0.2, 0.25) is 0 Å². The molecular formula is C29H45N3O2. The number of carbonyl (C=O) groups is 1. The van der Waals surface area contributed by atoms with E-state index in [4.69, 9.17) is 0 Å². The lowest BCUT2D eigenvalue weighted by Gasteiger charge is -2.61. The van der Waals surface area contributed by atoms with E-state index in [-0.39, 0.29) is 11.3 Å². The van der Waals surface area contributed by atoms with Crippen LogP contribution < -0.4 is 0 Å². The molecule has 4 fully saturated rings. The molecule has 4 aliphatic carbocycles. The lowest BCUT2D eigenvalue weighted by atomic mass is 9.44. The average molecular weight is 468 g/mol. The fourth-order valence-corrected chi connectivity index (χ4v) is 9.09. The third kappa shape index (κ3) is 3.77. The number of hydrogen-bond acceptors (Lipinski definition) is 4. The zero-order valence-corrected chi connectivity index (χ0v) is 22.0. The molecule has 0 amide bonds. The lowest BCUT2D eigenvalue weighted by Crippen LogP contribution is -2.55. The molecule has 5 nitrogen and oxygen atoms in total. The molecular weight excluding hydrogens is 422 g/mol. The van der Waals surface area contributed by atoms with Crippen LogP contribution in [0.2, 0.25) is 0 Å². The van der Waals surface area contributed by atoms with E-state index in [1.807, 2.05) is 43.0 Å². The monoisotopic (exact) mass is 467 g/mol. The number of fused-ring (bicyclic) bond motifs is 5. The predicted octanol–water partition coefficient (Wildman–Crippen LogP) is 5.39. The molecule has 0 unspecified atom stereocenters. The summed E-state index contributed by atoms with van der Waals surface area (Å²) in [5, 5.41) is 15.2. The van der Waals surface area contributed by atoms with Crippen molar-refractivity contribution in [2.45, 2.75) is 90.7 Å². The van der Waals surface area contributed by atoms with E-state index in [1.54, 1.807) is 0 Å². The highest BCUT2D eigenvalue weighted by atomic mass is 16.3. The summed E-state index contributed by atoms with van der Waals surface area (Å²) in [6.45, 7) is 11.5. The largest absolute Gasteiger partial charge is 0.390 e. The first-order valence-electron chi connectivity index (χ1n) is 13.6. The van der Waals surface area contributed by atoms with Crippen LogP contribution >= 0.6 is 0 Å². The predicted molar refractivity (Wildman–Crippen MR) is 136 cm³/mol. The Morgan fingerprint density at radius 3 is 2.56 bits per heavy atom. The second-order valence-corrected chi connectivity index (χ2v) is 13.3. The average Bonchev–Trinajstić information content (AvgIpc) is 3.37. The number of rotatable bonds is 5. The van der Waals surface area contributed by atoms with Gasteiger partial charge in [-0.3, -0.25) is 9.48 Å². The smallest absolute Gasteiger partial charge is 0.157 e. The van der Waals surface area contributed by atoms with Gasteiger partial charge in [0.25, 0.3) is 0 Å². The number of aromatic nitrogens is 2. The van der Waals surface area contributed by atoms with Gasteiger partial charge in [0.15, 0.2) is 5.78 Å². The summed E-state index contributed by atoms with van der Waals surface area (Å²) in [6, 6.07) is 0. The molecule has 188 valence electrons. The minimum absolute atomic E-state index is 0.130. The van der Waals surface area contributed by atoms with Crippen LogP contribution in [-0.2, 0) is 11.3 Å². The highest BCUT2D eigenvalue weighted by Gasteiger charge is 2.61. The van der Waals surface area contributed by atoms with Gasteiger partial charge < -0.3 is 10.0 Å². The van der Waals surface area contributed by atoms with Crippen molar-refractivity contribution in [3.05, 3.63) is 24.5 Å². The van der Waals surface area contributed by atoms with E-state index < -0.39 is 5.60 Å². The molecule has 8 atom stereocenters. The van der Waals surface area contributed by atoms with Crippen LogP contribution in [0.25, 0.3) is 5.70 Å². The Hall–Kier alpha value is -1.62. The Labute approximate surface area is 206 Å². The summed E-state index contributed by atoms with van der Waals surface area (Å²) in [4.78, 5) is 15.6. The summed E-state index contributed by atoms with van der Waals surface area (Å²) in [5.74, 6) is 3.36. The third-order valence-electron chi connectivity index (χ3n) is 11.2. The number of nitrogens with zero attached hydrogens (tertiary/aromatic N) is 3. The van der Waals surface area contributed by atoms with Gasteiger partial charge in [0.1, 0.15) is 0 Å². The topological polar surface area (TPSA) is 58.4 Å². The molecule has 4 saturated carbocycles. The Kier molecular flexibility index (Phi) is 5.82. The maximum atomic E-state index is 13.6. The first-order chi connectivity index (χ1) is 15.9. The molecule has 1 heterocycles. The Morgan fingerprint density at radius 1 is 1.09 bits per heavy atom. The summed E-state index contributed by atoms with van der Waals surface area (Å²) in [7, 11) is 3.95. The molecule has 1 N–H and O–H groups in total. The first-order valence-corrected chi connectivity index (χ1v) is 13.6. The van der Waals surface area contributed by atoms with Gasteiger partial charge in [-0.05, 0) is 99.2 Å². The van der Waals surface area contributed by atoms with Gasteiger partial charge >= 0.3 is 0 Å². The maximum absolute atomic E-state index is 13.6. The highest BCUT2D eigenvalue weighted by Crippen LogP contribution is 2.68. The van der Waals surface area contributed by atoms with E-state index in [1.165, 1.54) is 32.1 Å². The minimum Gasteiger partial charge on any atom is -0.390 e. The van der Waals surface area contributed by atoms with Gasteiger partial charge in [0, 0.05) is 37.5 Å². The van der Waals surface area contributed by atoms with Crippen LogP contribution in [0, 0.1) is 40.4 Å². The van der Waals surface area contributed by atoms with Crippen molar-refractivity contribution in [2.24, 2.45) is 40.4 Å². The number of aliphatic hydroxyl groups is 1. The molecule has 4 aliphatic rings. The molecule has 0 aromatic carbocycles. The normalized spacial score (nSPS) is 43.5. The molecule has 0 spiro atoms. The second kappa shape index (κ2) is 8.21. The Balaban J connectivity index is 1.30. The molecule has 1 aromatic rings. The lowest BCUT2D eigenvalue weighted by molar-refractivity contribution is -0.151. The van der Waals surface area contributed by atoms with Gasteiger partial charge in [-0.2, -0.15) is 5.10 Å². The van der Waals surface area contributed by atoms with Crippen molar-refractivity contribution in [2.75, 3.05) is 14.1 Å². The van der Waals surface area contributed by atoms with Gasteiger partial charge in [-0.15, -0.1) is 0 Å². The summed E-state index contributed by atoms with van der Waals surface area (Å²) in [6.07, 6.45) is 14.1. The molecule has 5 rings (SSSR count). The van der Waals surface area contributed by atoms with Crippen LogP contribution in [0.4, 0.5) is 0 Å². The highest BCUT2D eigenvalue weighted by molar-refractivity contribution is 5.82.